The quantitative estimate of drug-likeness (QED) is 0.880. The monoisotopic (exact) mass is 267 g/mol. The van der Waals surface area contributed by atoms with Gasteiger partial charge in [0.05, 0.1) is 18.1 Å². The van der Waals surface area contributed by atoms with Gasteiger partial charge in [-0.05, 0) is 30.7 Å². The maximum Gasteiger partial charge on any atom is 0.145 e. The smallest absolute Gasteiger partial charge is 0.145 e. The van der Waals surface area contributed by atoms with Gasteiger partial charge in [0.1, 0.15) is 5.82 Å². The van der Waals surface area contributed by atoms with E-state index in [1.54, 1.807) is 6.20 Å². The van der Waals surface area contributed by atoms with Crippen LogP contribution in [0.1, 0.15) is 44.1 Å². The summed E-state index contributed by atoms with van der Waals surface area (Å²) in [6, 6.07) is 8.63. The van der Waals surface area contributed by atoms with Crippen LogP contribution in [0.3, 0.4) is 0 Å². The van der Waals surface area contributed by atoms with Gasteiger partial charge >= 0.3 is 0 Å². The van der Waals surface area contributed by atoms with Crippen molar-refractivity contribution in [2.45, 2.75) is 38.5 Å². The summed E-state index contributed by atoms with van der Waals surface area (Å²) in [5.41, 5.74) is 3.65. The van der Waals surface area contributed by atoms with Crippen LogP contribution < -0.4 is 5.32 Å². The number of nitrogens with one attached hydrogen (secondary N) is 1. The highest BCUT2D eigenvalue weighted by atomic mass is 15.0. The number of hydrogen-bond donors (Lipinski definition) is 1. The van der Waals surface area contributed by atoms with E-state index in [1.165, 1.54) is 30.4 Å². The van der Waals surface area contributed by atoms with Crippen molar-refractivity contribution >= 4 is 5.82 Å². The first-order valence-electron chi connectivity index (χ1n) is 7.53. The second-order valence-corrected chi connectivity index (χ2v) is 5.43. The summed E-state index contributed by atoms with van der Waals surface area (Å²) in [7, 11) is 0. The van der Waals surface area contributed by atoms with Crippen molar-refractivity contribution in [1.82, 2.24) is 9.97 Å². The van der Waals surface area contributed by atoms with Crippen LogP contribution in [0.15, 0.2) is 36.7 Å². The first kappa shape index (κ1) is 13.1. The molecular formula is C17H21N3. The molecule has 1 aliphatic rings. The molecule has 20 heavy (non-hydrogen) atoms. The van der Waals surface area contributed by atoms with Crippen LogP contribution in [-0.2, 0) is 0 Å². The molecule has 1 aromatic heterocycles. The molecule has 3 heteroatoms. The van der Waals surface area contributed by atoms with Gasteiger partial charge in [-0.2, -0.15) is 0 Å². The second kappa shape index (κ2) is 6.04. The largest absolute Gasteiger partial charge is 0.369 e. The molecule has 3 rings (SSSR count). The van der Waals surface area contributed by atoms with E-state index < -0.39 is 0 Å². The van der Waals surface area contributed by atoms with Gasteiger partial charge in [0.2, 0.25) is 0 Å². The molecule has 0 saturated heterocycles. The van der Waals surface area contributed by atoms with E-state index in [4.69, 9.17) is 4.98 Å². The van der Waals surface area contributed by atoms with Crippen molar-refractivity contribution < 1.29 is 0 Å². The molecule has 1 heterocycles. The van der Waals surface area contributed by atoms with Gasteiger partial charge in [0.25, 0.3) is 0 Å². The van der Waals surface area contributed by atoms with Crippen molar-refractivity contribution in [2.24, 2.45) is 0 Å². The summed E-state index contributed by atoms with van der Waals surface area (Å²) in [4.78, 5) is 9.04. The Morgan fingerprint density at radius 1 is 1.20 bits per heavy atom. The summed E-state index contributed by atoms with van der Waals surface area (Å²) >= 11 is 0. The Morgan fingerprint density at radius 2 is 2.05 bits per heavy atom. The van der Waals surface area contributed by atoms with E-state index >= 15 is 0 Å². The zero-order chi connectivity index (χ0) is 13.8. The average Bonchev–Trinajstić information content (AvgIpc) is 2.44. The Balaban J connectivity index is 1.92. The number of hydrogen-bond acceptors (Lipinski definition) is 3. The molecule has 0 bridgehead atoms. The van der Waals surface area contributed by atoms with E-state index in [0.717, 1.165) is 24.5 Å². The normalized spacial score (nSPS) is 14.8. The number of anilines is 1. The number of nitrogens with zero attached hydrogens (tertiary/aromatic N) is 2. The summed E-state index contributed by atoms with van der Waals surface area (Å²) in [6.07, 6.45) is 8.71. The van der Waals surface area contributed by atoms with Crippen LogP contribution in [0, 0.1) is 0 Å². The van der Waals surface area contributed by atoms with Crippen LogP contribution in [0.4, 0.5) is 5.82 Å². The lowest BCUT2D eigenvalue weighted by Gasteiger charge is -2.27. The highest BCUT2D eigenvalue weighted by molar-refractivity contribution is 5.65. The zero-order valence-corrected chi connectivity index (χ0v) is 12.0. The molecule has 1 saturated carbocycles. The molecule has 0 atom stereocenters. The molecule has 0 spiro atoms. The SMILES string of the molecule is CCCNc1cncc(-c2ccccc2C2CCC2)n1. The van der Waals surface area contributed by atoms with Crippen molar-refractivity contribution in [3.63, 3.8) is 0 Å². The van der Waals surface area contributed by atoms with Crippen molar-refractivity contribution in [3.8, 4) is 11.3 Å². The lowest BCUT2D eigenvalue weighted by Crippen LogP contribution is -2.10. The molecule has 1 fully saturated rings. The fraction of sp³-hybridized carbons (Fsp3) is 0.412. The molecule has 0 unspecified atom stereocenters. The highest BCUT2D eigenvalue weighted by Gasteiger charge is 2.22. The molecule has 3 nitrogen and oxygen atoms in total. The van der Waals surface area contributed by atoms with Gasteiger partial charge in [0, 0.05) is 12.1 Å². The predicted octanol–water partition coefficient (Wildman–Crippen LogP) is 4.23. The average molecular weight is 267 g/mol. The molecule has 0 radical (unpaired) electrons. The minimum Gasteiger partial charge on any atom is -0.369 e. The van der Waals surface area contributed by atoms with Gasteiger partial charge in [0.15, 0.2) is 0 Å². The molecule has 0 amide bonds. The van der Waals surface area contributed by atoms with Crippen molar-refractivity contribution in [1.29, 1.82) is 0 Å². The van der Waals surface area contributed by atoms with Crippen molar-refractivity contribution in [3.05, 3.63) is 42.2 Å². The third kappa shape index (κ3) is 2.67. The van der Waals surface area contributed by atoms with Crippen LogP contribution >= 0.6 is 0 Å². The fourth-order valence-corrected chi connectivity index (χ4v) is 2.64. The van der Waals surface area contributed by atoms with E-state index in [9.17, 15) is 0 Å². The van der Waals surface area contributed by atoms with Gasteiger partial charge in [-0.15, -0.1) is 0 Å². The molecular weight excluding hydrogens is 246 g/mol. The van der Waals surface area contributed by atoms with Crippen molar-refractivity contribution in [2.75, 3.05) is 11.9 Å². The van der Waals surface area contributed by atoms with Crippen LogP contribution in [-0.4, -0.2) is 16.5 Å². The first-order valence-corrected chi connectivity index (χ1v) is 7.53. The van der Waals surface area contributed by atoms with E-state index in [-0.39, 0.29) is 0 Å². The first-order chi connectivity index (χ1) is 9.88. The Labute approximate surface area is 120 Å². The summed E-state index contributed by atoms with van der Waals surface area (Å²) in [6.45, 7) is 3.08. The molecule has 1 N–H and O–H groups in total. The van der Waals surface area contributed by atoms with E-state index in [0.29, 0.717) is 5.92 Å². The molecule has 104 valence electrons. The lowest BCUT2D eigenvalue weighted by molar-refractivity contribution is 0.420. The summed E-state index contributed by atoms with van der Waals surface area (Å²) < 4.78 is 0. The Morgan fingerprint density at radius 3 is 2.80 bits per heavy atom. The summed E-state index contributed by atoms with van der Waals surface area (Å²) in [5.74, 6) is 1.58. The number of aromatic nitrogens is 2. The van der Waals surface area contributed by atoms with Gasteiger partial charge in [-0.3, -0.25) is 4.98 Å². The van der Waals surface area contributed by atoms with E-state index in [1.807, 2.05) is 6.20 Å². The minimum absolute atomic E-state index is 0.709. The minimum atomic E-state index is 0.709. The summed E-state index contributed by atoms with van der Waals surface area (Å²) in [5, 5.41) is 3.31. The molecule has 0 aliphatic heterocycles. The van der Waals surface area contributed by atoms with E-state index in [2.05, 4.69) is 41.5 Å². The number of rotatable bonds is 5. The molecule has 1 aromatic carbocycles. The second-order valence-electron chi connectivity index (χ2n) is 5.43. The Hall–Kier alpha value is -1.90. The third-order valence-electron chi connectivity index (χ3n) is 3.97. The fourth-order valence-electron chi connectivity index (χ4n) is 2.64. The van der Waals surface area contributed by atoms with Gasteiger partial charge in [-0.25, -0.2) is 4.98 Å². The zero-order valence-electron chi connectivity index (χ0n) is 12.0. The van der Waals surface area contributed by atoms with Crippen LogP contribution in [0.5, 0.6) is 0 Å². The Kier molecular flexibility index (Phi) is 3.95. The van der Waals surface area contributed by atoms with Gasteiger partial charge < -0.3 is 5.32 Å². The molecule has 2 aromatic rings. The van der Waals surface area contributed by atoms with Crippen LogP contribution in [0.2, 0.25) is 0 Å². The standard InChI is InChI=1S/C17H21N3/c1-2-10-19-17-12-18-11-16(20-17)15-9-4-3-8-14(15)13-6-5-7-13/h3-4,8-9,11-13H,2,5-7,10H2,1H3,(H,19,20). The lowest BCUT2D eigenvalue weighted by atomic mass is 9.78. The molecule has 1 aliphatic carbocycles. The number of benzene rings is 1. The predicted molar refractivity (Wildman–Crippen MR) is 82.8 cm³/mol. The topological polar surface area (TPSA) is 37.8 Å². The van der Waals surface area contributed by atoms with Crippen LogP contribution in [0.25, 0.3) is 11.3 Å². The maximum atomic E-state index is 4.71. The highest BCUT2D eigenvalue weighted by Crippen LogP contribution is 2.40. The van der Waals surface area contributed by atoms with Gasteiger partial charge in [-0.1, -0.05) is 37.6 Å². The Bertz CT molecular complexity index is 576. The maximum absolute atomic E-state index is 4.71. The third-order valence-corrected chi connectivity index (χ3v) is 3.97.